The molecule has 22 heavy (non-hydrogen) atoms. The maximum absolute atomic E-state index is 12.3. The fraction of sp³-hybridized carbons (Fsp3) is 0.133. The fourth-order valence-corrected chi connectivity index (χ4v) is 2.29. The van der Waals surface area contributed by atoms with E-state index in [0.29, 0.717) is 30.0 Å². The van der Waals surface area contributed by atoms with Gasteiger partial charge in [0.15, 0.2) is 0 Å². The van der Waals surface area contributed by atoms with Crippen molar-refractivity contribution in [2.75, 3.05) is 11.9 Å². The summed E-state index contributed by atoms with van der Waals surface area (Å²) in [5.74, 6) is -0.797. The Morgan fingerprint density at radius 1 is 1.23 bits per heavy atom. The summed E-state index contributed by atoms with van der Waals surface area (Å²) < 4.78 is 5.28. The van der Waals surface area contributed by atoms with Gasteiger partial charge in [0.2, 0.25) is 5.91 Å². The molecule has 1 aromatic heterocycles. The lowest BCUT2D eigenvalue weighted by molar-refractivity contribution is 0.0931. The normalized spacial score (nSPS) is 13.2. The predicted octanol–water partition coefficient (Wildman–Crippen LogP) is 0.917. The summed E-state index contributed by atoms with van der Waals surface area (Å²) in [5.41, 5.74) is 6.45. The number of carbonyl (C=O) groups excluding carboxylic acids is 3. The number of primary amides is 1. The molecule has 0 spiro atoms. The van der Waals surface area contributed by atoms with Crippen molar-refractivity contribution < 1.29 is 18.8 Å². The molecule has 0 atom stereocenters. The molecule has 3 amide bonds. The molecule has 0 saturated heterocycles. The van der Waals surface area contributed by atoms with Gasteiger partial charge in [0, 0.05) is 24.2 Å². The van der Waals surface area contributed by atoms with Crippen molar-refractivity contribution in [3.05, 3.63) is 53.0 Å². The highest BCUT2D eigenvalue weighted by atomic mass is 16.3. The summed E-state index contributed by atoms with van der Waals surface area (Å²) in [5, 5.41) is 5.32. The van der Waals surface area contributed by atoms with Crippen LogP contribution in [0.2, 0.25) is 0 Å². The molecule has 0 aliphatic carbocycles. The Kier molecular flexibility index (Phi) is 3.38. The number of rotatable bonds is 3. The van der Waals surface area contributed by atoms with Crippen LogP contribution in [0.1, 0.15) is 36.8 Å². The van der Waals surface area contributed by atoms with Gasteiger partial charge in [-0.3, -0.25) is 14.4 Å². The highest BCUT2D eigenvalue weighted by Gasteiger charge is 2.27. The summed E-state index contributed by atoms with van der Waals surface area (Å²) >= 11 is 0. The first-order valence-corrected chi connectivity index (χ1v) is 6.66. The van der Waals surface area contributed by atoms with Crippen LogP contribution in [0.25, 0.3) is 0 Å². The van der Waals surface area contributed by atoms with Gasteiger partial charge in [0.05, 0.1) is 11.1 Å². The lowest BCUT2D eigenvalue weighted by Crippen LogP contribution is -2.32. The van der Waals surface area contributed by atoms with Crippen LogP contribution >= 0.6 is 0 Å². The van der Waals surface area contributed by atoms with Crippen molar-refractivity contribution in [3.8, 4) is 0 Å². The van der Waals surface area contributed by atoms with Crippen LogP contribution < -0.4 is 16.4 Å². The fourth-order valence-electron chi connectivity index (χ4n) is 2.29. The Hall–Kier alpha value is -3.09. The molecule has 3 rings (SSSR count). The van der Waals surface area contributed by atoms with Gasteiger partial charge < -0.3 is 20.8 Å². The molecule has 1 aromatic carbocycles. The van der Waals surface area contributed by atoms with Gasteiger partial charge in [0.25, 0.3) is 11.8 Å². The zero-order valence-corrected chi connectivity index (χ0v) is 11.5. The summed E-state index contributed by atoms with van der Waals surface area (Å²) in [6.07, 6.45) is 1.84. The van der Waals surface area contributed by atoms with Crippen molar-refractivity contribution in [2.45, 2.75) is 6.42 Å². The molecule has 0 unspecified atom stereocenters. The van der Waals surface area contributed by atoms with Gasteiger partial charge in [-0.05, 0) is 24.3 Å². The van der Waals surface area contributed by atoms with E-state index in [2.05, 4.69) is 10.6 Å². The average molecular weight is 299 g/mol. The molecule has 112 valence electrons. The van der Waals surface area contributed by atoms with Crippen molar-refractivity contribution >= 4 is 23.4 Å². The number of furan rings is 1. The van der Waals surface area contributed by atoms with E-state index in [1.807, 2.05) is 0 Å². The van der Waals surface area contributed by atoms with Crippen LogP contribution in [-0.2, 0) is 6.42 Å². The number of anilines is 1. The molecule has 7 nitrogen and oxygen atoms in total. The second kappa shape index (κ2) is 5.36. The topological polar surface area (TPSA) is 114 Å². The van der Waals surface area contributed by atoms with Gasteiger partial charge in [-0.15, -0.1) is 0 Å². The number of carbonyl (C=O) groups is 3. The van der Waals surface area contributed by atoms with Crippen LogP contribution in [0.5, 0.6) is 0 Å². The van der Waals surface area contributed by atoms with E-state index < -0.39 is 11.8 Å². The second-order valence-corrected chi connectivity index (χ2v) is 4.85. The largest absolute Gasteiger partial charge is 0.468 e. The van der Waals surface area contributed by atoms with Gasteiger partial charge in [-0.1, -0.05) is 0 Å². The number of hydrogen-bond acceptors (Lipinski definition) is 4. The van der Waals surface area contributed by atoms with Crippen molar-refractivity contribution in [1.82, 2.24) is 5.32 Å². The third-order valence-electron chi connectivity index (χ3n) is 3.40. The van der Waals surface area contributed by atoms with Crippen molar-refractivity contribution in [3.63, 3.8) is 0 Å². The molecule has 1 aliphatic rings. The number of benzene rings is 1. The van der Waals surface area contributed by atoms with Crippen LogP contribution in [0, 0.1) is 0 Å². The van der Waals surface area contributed by atoms with Gasteiger partial charge in [-0.25, -0.2) is 0 Å². The quantitative estimate of drug-likeness (QED) is 0.781. The van der Waals surface area contributed by atoms with Crippen molar-refractivity contribution in [1.29, 1.82) is 0 Å². The third-order valence-corrected chi connectivity index (χ3v) is 3.40. The summed E-state index contributed by atoms with van der Waals surface area (Å²) in [6, 6.07) is 6.14. The standard InChI is InChI=1S/C15H13N3O4/c16-13(19)8-1-3-9(4-2-8)18-14(20)10-7-22-11-5-6-17-15(21)12(10)11/h1-4,7H,5-6H2,(H2,16,19)(H,17,21)(H,18,20). The lowest BCUT2D eigenvalue weighted by Gasteiger charge is -2.12. The van der Waals surface area contributed by atoms with E-state index >= 15 is 0 Å². The predicted molar refractivity (Wildman–Crippen MR) is 77.7 cm³/mol. The zero-order valence-electron chi connectivity index (χ0n) is 11.5. The summed E-state index contributed by atoms with van der Waals surface area (Å²) in [7, 11) is 0. The Morgan fingerprint density at radius 3 is 2.64 bits per heavy atom. The monoisotopic (exact) mass is 299 g/mol. The van der Waals surface area contributed by atoms with E-state index in [-0.39, 0.29) is 17.0 Å². The molecule has 1 aliphatic heterocycles. The molecule has 2 aromatic rings. The first-order valence-electron chi connectivity index (χ1n) is 6.66. The smallest absolute Gasteiger partial charge is 0.259 e. The molecule has 0 radical (unpaired) electrons. The van der Waals surface area contributed by atoms with E-state index in [1.54, 1.807) is 12.1 Å². The van der Waals surface area contributed by atoms with E-state index in [0.717, 1.165) is 0 Å². The maximum Gasteiger partial charge on any atom is 0.259 e. The molecular formula is C15H13N3O4. The van der Waals surface area contributed by atoms with E-state index in [1.165, 1.54) is 18.4 Å². The summed E-state index contributed by atoms with van der Waals surface area (Å²) in [4.78, 5) is 35.1. The van der Waals surface area contributed by atoms with E-state index in [9.17, 15) is 14.4 Å². The first kappa shape index (κ1) is 13.9. The molecule has 2 heterocycles. The van der Waals surface area contributed by atoms with Crippen LogP contribution in [0.3, 0.4) is 0 Å². The Bertz CT molecular complexity index is 762. The highest BCUT2D eigenvalue weighted by molar-refractivity contribution is 6.12. The second-order valence-electron chi connectivity index (χ2n) is 4.85. The number of nitrogens with two attached hydrogens (primary N) is 1. The third kappa shape index (κ3) is 2.44. The van der Waals surface area contributed by atoms with Crippen molar-refractivity contribution in [2.24, 2.45) is 5.73 Å². The van der Waals surface area contributed by atoms with Crippen LogP contribution in [0.4, 0.5) is 5.69 Å². The minimum Gasteiger partial charge on any atom is -0.468 e. The minimum atomic E-state index is -0.543. The number of amides is 3. The molecule has 0 fully saturated rings. The van der Waals surface area contributed by atoms with Gasteiger partial charge in [0.1, 0.15) is 12.0 Å². The first-order chi connectivity index (χ1) is 10.6. The molecule has 0 bridgehead atoms. The van der Waals surface area contributed by atoms with Crippen LogP contribution in [-0.4, -0.2) is 24.3 Å². The van der Waals surface area contributed by atoms with Gasteiger partial charge in [-0.2, -0.15) is 0 Å². The number of hydrogen-bond donors (Lipinski definition) is 3. The van der Waals surface area contributed by atoms with Crippen LogP contribution in [0.15, 0.2) is 34.9 Å². The number of fused-ring (bicyclic) bond motifs is 1. The molecule has 4 N–H and O–H groups in total. The number of nitrogens with one attached hydrogen (secondary N) is 2. The minimum absolute atomic E-state index is 0.186. The zero-order chi connectivity index (χ0) is 15.7. The lowest BCUT2D eigenvalue weighted by atomic mass is 10.0. The molecule has 0 saturated carbocycles. The highest BCUT2D eigenvalue weighted by Crippen LogP contribution is 2.22. The maximum atomic E-state index is 12.3. The molecule has 7 heteroatoms. The average Bonchev–Trinajstić information content (AvgIpc) is 2.93. The SMILES string of the molecule is NC(=O)c1ccc(NC(=O)c2coc3c2C(=O)NCC3)cc1. The summed E-state index contributed by atoms with van der Waals surface area (Å²) in [6.45, 7) is 0.495. The Morgan fingerprint density at radius 2 is 1.95 bits per heavy atom. The molecular weight excluding hydrogens is 286 g/mol. The Balaban J connectivity index is 1.82. The van der Waals surface area contributed by atoms with E-state index in [4.69, 9.17) is 10.2 Å². The Labute approximate surface area is 125 Å². The van der Waals surface area contributed by atoms with Gasteiger partial charge >= 0.3 is 0 Å².